The van der Waals surface area contributed by atoms with Crippen LogP contribution in [0.1, 0.15) is 24.4 Å². The van der Waals surface area contributed by atoms with E-state index in [1.807, 2.05) is 6.07 Å². The molecule has 1 aromatic heterocycles. The summed E-state index contributed by atoms with van der Waals surface area (Å²) >= 11 is 0. The van der Waals surface area contributed by atoms with E-state index >= 15 is 0 Å². The zero-order valence-electron chi connectivity index (χ0n) is 9.11. The lowest BCUT2D eigenvalue weighted by molar-refractivity contribution is 0.648. The van der Waals surface area contributed by atoms with E-state index in [4.69, 9.17) is 5.73 Å². The molecule has 0 bridgehead atoms. The molecule has 0 saturated carbocycles. The summed E-state index contributed by atoms with van der Waals surface area (Å²) < 4.78 is 0. The highest BCUT2D eigenvalue weighted by Gasteiger charge is 2.16. The van der Waals surface area contributed by atoms with E-state index in [9.17, 15) is 0 Å². The minimum absolute atomic E-state index is 0.513. The van der Waals surface area contributed by atoms with Crippen molar-refractivity contribution in [2.75, 3.05) is 12.3 Å². The Morgan fingerprint density at radius 1 is 1.31 bits per heavy atom. The van der Waals surface area contributed by atoms with Crippen LogP contribution in [-0.2, 0) is 0 Å². The molecule has 0 aliphatic carbocycles. The molecule has 3 rings (SSSR count). The number of anilines is 1. The summed E-state index contributed by atoms with van der Waals surface area (Å²) in [6, 6.07) is 8.98. The summed E-state index contributed by atoms with van der Waals surface area (Å²) in [5.74, 6) is 0.614. The van der Waals surface area contributed by atoms with Gasteiger partial charge in [0, 0.05) is 17.6 Å². The van der Waals surface area contributed by atoms with Crippen LogP contribution in [0.5, 0.6) is 0 Å². The average Bonchev–Trinajstić information content (AvgIpc) is 2.82. The van der Waals surface area contributed by atoms with E-state index in [-0.39, 0.29) is 0 Å². The maximum atomic E-state index is 5.83. The van der Waals surface area contributed by atoms with Gasteiger partial charge in [-0.25, -0.2) is 4.98 Å². The van der Waals surface area contributed by atoms with Gasteiger partial charge < -0.3 is 11.1 Å². The maximum Gasteiger partial charge on any atom is 0.131 e. The van der Waals surface area contributed by atoms with Crippen LogP contribution in [0.4, 0.5) is 5.82 Å². The van der Waals surface area contributed by atoms with Gasteiger partial charge in [0.1, 0.15) is 5.82 Å². The molecule has 2 heterocycles. The van der Waals surface area contributed by atoms with E-state index in [1.54, 1.807) is 6.20 Å². The lowest BCUT2D eigenvalue weighted by Gasteiger charge is -2.11. The van der Waals surface area contributed by atoms with Gasteiger partial charge in [0.15, 0.2) is 0 Å². The number of fused-ring (bicyclic) bond motifs is 1. The van der Waals surface area contributed by atoms with Crippen LogP contribution >= 0.6 is 0 Å². The second-order valence-electron chi connectivity index (χ2n) is 4.33. The van der Waals surface area contributed by atoms with Crippen LogP contribution in [0.2, 0.25) is 0 Å². The topological polar surface area (TPSA) is 50.9 Å². The van der Waals surface area contributed by atoms with Gasteiger partial charge in [0.25, 0.3) is 0 Å². The van der Waals surface area contributed by atoms with Crippen molar-refractivity contribution < 1.29 is 0 Å². The number of aromatic nitrogens is 1. The Morgan fingerprint density at radius 3 is 3.06 bits per heavy atom. The van der Waals surface area contributed by atoms with Gasteiger partial charge in [-0.3, -0.25) is 0 Å². The predicted octanol–water partition coefficient (Wildman–Crippen LogP) is 2.24. The molecular weight excluding hydrogens is 198 g/mol. The van der Waals surface area contributed by atoms with Crippen LogP contribution in [0.3, 0.4) is 0 Å². The summed E-state index contributed by atoms with van der Waals surface area (Å²) in [5, 5.41) is 5.73. The quantitative estimate of drug-likeness (QED) is 0.763. The number of nitrogens with two attached hydrogens (primary N) is 1. The van der Waals surface area contributed by atoms with Crippen molar-refractivity contribution in [3.05, 3.63) is 36.0 Å². The van der Waals surface area contributed by atoms with Crippen LogP contribution in [0, 0.1) is 0 Å². The molecule has 3 N–H and O–H groups in total. The fourth-order valence-electron chi connectivity index (χ4n) is 2.41. The van der Waals surface area contributed by atoms with Gasteiger partial charge in [0.2, 0.25) is 0 Å². The highest BCUT2D eigenvalue weighted by atomic mass is 14.9. The molecule has 16 heavy (non-hydrogen) atoms. The normalized spacial score (nSPS) is 20.4. The van der Waals surface area contributed by atoms with Crippen molar-refractivity contribution in [1.82, 2.24) is 10.3 Å². The zero-order chi connectivity index (χ0) is 11.0. The van der Waals surface area contributed by atoms with Gasteiger partial charge >= 0.3 is 0 Å². The van der Waals surface area contributed by atoms with E-state index in [0.29, 0.717) is 11.9 Å². The first kappa shape index (κ1) is 9.60. The molecule has 1 fully saturated rings. The van der Waals surface area contributed by atoms with Crippen LogP contribution < -0.4 is 11.1 Å². The third kappa shape index (κ3) is 1.53. The van der Waals surface area contributed by atoms with E-state index in [2.05, 4.69) is 28.5 Å². The van der Waals surface area contributed by atoms with Crippen molar-refractivity contribution in [2.45, 2.75) is 18.9 Å². The van der Waals surface area contributed by atoms with Crippen molar-refractivity contribution >= 4 is 16.6 Å². The average molecular weight is 213 g/mol. The first-order valence-electron chi connectivity index (χ1n) is 5.72. The van der Waals surface area contributed by atoms with Gasteiger partial charge in [-0.1, -0.05) is 12.1 Å². The number of pyridine rings is 1. The predicted molar refractivity (Wildman–Crippen MR) is 66.1 cm³/mol. The van der Waals surface area contributed by atoms with E-state index < -0.39 is 0 Å². The molecule has 3 heteroatoms. The maximum absolute atomic E-state index is 5.83. The van der Waals surface area contributed by atoms with Crippen LogP contribution in [0.15, 0.2) is 30.5 Å². The van der Waals surface area contributed by atoms with Crippen LogP contribution in [0.25, 0.3) is 10.8 Å². The number of nitrogen functional groups attached to an aromatic ring is 1. The molecule has 82 valence electrons. The second kappa shape index (κ2) is 3.76. The number of hydrogen-bond donors (Lipinski definition) is 2. The van der Waals surface area contributed by atoms with E-state index in [0.717, 1.165) is 11.9 Å². The molecule has 3 nitrogen and oxygen atoms in total. The largest absolute Gasteiger partial charge is 0.383 e. The molecule has 0 amide bonds. The Kier molecular flexibility index (Phi) is 2.26. The third-order valence-electron chi connectivity index (χ3n) is 3.28. The molecule has 1 unspecified atom stereocenters. The Bertz CT molecular complexity index is 516. The SMILES string of the molecule is Nc1nccc2cc(C3CCCN3)ccc12. The minimum atomic E-state index is 0.513. The highest BCUT2D eigenvalue weighted by Crippen LogP contribution is 2.27. The Hall–Kier alpha value is -1.61. The van der Waals surface area contributed by atoms with Crippen molar-refractivity contribution in [2.24, 2.45) is 0 Å². The smallest absolute Gasteiger partial charge is 0.131 e. The summed E-state index contributed by atoms with van der Waals surface area (Å²) in [5.41, 5.74) is 7.19. The Morgan fingerprint density at radius 2 is 2.25 bits per heavy atom. The summed E-state index contributed by atoms with van der Waals surface area (Å²) in [6.07, 6.45) is 4.26. The molecular formula is C13H15N3. The van der Waals surface area contributed by atoms with Crippen molar-refractivity contribution in [1.29, 1.82) is 0 Å². The summed E-state index contributed by atoms with van der Waals surface area (Å²) in [6.45, 7) is 1.13. The lowest BCUT2D eigenvalue weighted by atomic mass is 10.0. The standard InChI is InChI=1S/C13H15N3/c14-13-11-4-3-10(12-2-1-6-15-12)8-9(11)5-7-16-13/h3-5,7-8,12,15H,1-2,6H2,(H2,14,16). The van der Waals surface area contributed by atoms with Crippen LogP contribution in [-0.4, -0.2) is 11.5 Å². The number of nitrogens with zero attached hydrogens (tertiary/aromatic N) is 1. The molecule has 1 saturated heterocycles. The fraction of sp³-hybridized carbons (Fsp3) is 0.308. The zero-order valence-corrected chi connectivity index (χ0v) is 9.11. The number of benzene rings is 1. The summed E-state index contributed by atoms with van der Waals surface area (Å²) in [7, 11) is 0. The molecule has 0 radical (unpaired) electrons. The minimum Gasteiger partial charge on any atom is -0.383 e. The third-order valence-corrected chi connectivity index (χ3v) is 3.28. The second-order valence-corrected chi connectivity index (χ2v) is 4.33. The van der Waals surface area contributed by atoms with Gasteiger partial charge in [-0.05, 0) is 42.5 Å². The first-order valence-corrected chi connectivity index (χ1v) is 5.72. The Balaban J connectivity index is 2.08. The molecule has 1 aromatic carbocycles. The summed E-state index contributed by atoms with van der Waals surface area (Å²) in [4.78, 5) is 4.10. The lowest BCUT2D eigenvalue weighted by Crippen LogP contribution is -2.12. The van der Waals surface area contributed by atoms with Gasteiger partial charge in [-0.2, -0.15) is 0 Å². The molecule has 0 spiro atoms. The molecule has 1 aliphatic heterocycles. The monoisotopic (exact) mass is 213 g/mol. The van der Waals surface area contributed by atoms with Crippen molar-refractivity contribution in [3.8, 4) is 0 Å². The van der Waals surface area contributed by atoms with Gasteiger partial charge in [0.05, 0.1) is 0 Å². The molecule has 1 aliphatic rings. The van der Waals surface area contributed by atoms with Crippen molar-refractivity contribution in [3.63, 3.8) is 0 Å². The fourth-order valence-corrected chi connectivity index (χ4v) is 2.41. The number of rotatable bonds is 1. The van der Waals surface area contributed by atoms with E-state index in [1.165, 1.54) is 23.8 Å². The number of nitrogens with one attached hydrogen (secondary N) is 1. The first-order chi connectivity index (χ1) is 7.84. The van der Waals surface area contributed by atoms with Gasteiger partial charge in [-0.15, -0.1) is 0 Å². The highest BCUT2D eigenvalue weighted by molar-refractivity contribution is 5.91. The Labute approximate surface area is 94.7 Å². The molecule has 1 atom stereocenters. The molecule has 2 aromatic rings. The number of hydrogen-bond acceptors (Lipinski definition) is 3.